The average Bonchev–Trinajstić information content (AvgIpc) is 2.92. The van der Waals surface area contributed by atoms with Crippen molar-refractivity contribution in [3.05, 3.63) is 11.6 Å². The molecule has 0 aromatic carbocycles. The molecule has 102 valence electrons. The molecule has 3 heteroatoms. The van der Waals surface area contributed by atoms with E-state index >= 15 is 0 Å². The van der Waals surface area contributed by atoms with E-state index in [-0.39, 0.29) is 5.91 Å². The Morgan fingerprint density at radius 3 is 2.83 bits per heavy atom. The highest BCUT2D eigenvalue weighted by molar-refractivity contribution is 5.93. The summed E-state index contributed by atoms with van der Waals surface area (Å²) in [7, 11) is 0. The normalized spacial score (nSPS) is 29.7. The van der Waals surface area contributed by atoms with E-state index in [1.807, 2.05) is 6.92 Å². The number of allylic oxidation sites excluding steroid dienone is 1. The van der Waals surface area contributed by atoms with Crippen molar-refractivity contribution in [2.75, 3.05) is 13.1 Å². The van der Waals surface area contributed by atoms with Gasteiger partial charge >= 0.3 is 0 Å². The van der Waals surface area contributed by atoms with E-state index in [1.54, 1.807) is 0 Å². The lowest BCUT2D eigenvalue weighted by Gasteiger charge is -2.39. The predicted molar refractivity (Wildman–Crippen MR) is 74.4 cm³/mol. The van der Waals surface area contributed by atoms with Crippen LogP contribution >= 0.6 is 0 Å². The van der Waals surface area contributed by atoms with Gasteiger partial charge in [-0.3, -0.25) is 4.79 Å². The monoisotopic (exact) mass is 250 g/mol. The second-order valence-corrected chi connectivity index (χ2v) is 5.56. The van der Waals surface area contributed by atoms with Gasteiger partial charge in [-0.2, -0.15) is 0 Å². The molecule has 0 aromatic heterocycles. The summed E-state index contributed by atoms with van der Waals surface area (Å²) in [6.45, 7) is 6.10. The number of likely N-dealkylation sites (tertiary alicyclic amines) is 1. The fraction of sp³-hybridized carbons (Fsp3) is 0.800. The van der Waals surface area contributed by atoms with Gasteiger partial charge in [0.25, 0.3) is 0 Å². The standard InChI is InChI=1S/C15H26N2O/c1-3-7-12(2)15(18)17-11-5-4-9-14(17)13-8-6-10-16-13/h7,13-14,16H,3-6,8-11H2,1-2H3. The molecule has 0 bridgehead atoms. The van der Waals surface area contributed by atoms with Crippen LogP contribution in [-0.4, -0.2) is 36.0 Å². The molecule has 0 aromatic rings. The van der Waals surface area contributed by atoms with E-state index in [0.29, 0.717) is 12.1 Å². The van der Waals surface area contributed by atoms with Crippen molar-refractivity contribution in [3.8, 4) is 0 Å². The molecule has 0 spiro atoms. The number of amides is 1. The van der Waals surface area contributed by atoms with Crippen molar-refractivity contribution < 1.29 is 4.79 Å². The molecule has 2 rings (SSSR count). The summed E-state index contributed by atoms with van der Waals surface area (Å²) in [6.07, 6.45) is 9.08. The van der Waals surface area contributed by atoms with Crippen molar-refractivity contribution >= 4 is 5.91 Å². The van der Waals surface area contributed by atoms with Crippen LogP contribution in [0.25, 0.3) is 0 Å². The van der Waals surface area contributed by atoms with E-state index in [4.69, 9.17) is 0 Å². The lowest BCUT2D eigenvalue weighted by molar-refractivity contribution is -0.131. The van der Waals surface area contributed by atoms with Gasteiger partial charge in [0.15, 0.2) is 0 Å². The number of nitrogens with zero attached hydrogens (tertiary/aromatic N) is 1. The summed E-state index contributed by atoms with van der Waals surface area (Å²) in [5.41, 5.74) is 0.919. The molecule has 2 heterocycles. The molecule has 2 aliphatic heterocycles. The molecule has 2 fully saturated rings. The lowest BCUT2D eigenvalue weighted by Crippen LogP contribution is -2.52. The zero-order valence-electron chi connectivity index (χ0n) is 11.7. The maximum Gasteiger partial charge on any atom is 0.249 e. The van der Waals surface area contributed by atoms with Gasteiger partial charge in [0.1, 0.15) is 0 Å². The number of nitrogens with one attached hydrogen (secondary N) is 1. The molecule has 3 nitrogen and oxygen atoms in total. The van der Waals surface area contributed by atoms with E-state index in [9.17, 15) is 4.79 Å². The van der Waals surface area contributed by atoms with Gasteiger partial charge in [0, 0.05) is 24.2 Å². The number of carbonyl (C=O) groups excluding carboxylic acids is 1. The first-order chi connectivity index (χ1) is 8.74. The number of hydrogen-bond acceptors (Lipinski definition) is 2. The van der Waals surface area contributed by atoms with E-state index in [2.05, 4.69) is 23.2 Å². The lowest BCUT2D eigenvalue weighted by atomic mass is 9.93. The van der Waals surface area contributed by atoms with E-state index in [1.165, 1.54) is 25.7 Å². The van der Waals surface area contributed by atoms with Crippen LogP contribution in [0.15, 0.2) is 11.6 Å². The van der Waals surface area contributed by atoms with Gasteiger partial charge < -0.3 is 10.2 Å². The van der Waals surface area contributed by atoms with Crippen molar-refractivity contribution in [3.63, 3.8) is 0 Å². The van der Waals surface area contributed by atoms with Crippen LogP contribution in [0.2, 0.25) is 0 Å². The summed E-state index contributed by atoms with van der Waals surface area (Å²) in [5.74, 6) is 0.259. The Hall–Kier alpha value is -0.830. The van der Waals surface area contributed by atoms with Gasteiger partial charge in [-0.25, -0.2) is 0 Å². The zero-order valence-corrected chi connectivity index (χ0v) is 11.7. The maximum absolute atomic E-state index is 12.5. The van der Waals surface area contributed by atoms with Gasteiger partial charge in [0.2, 0.25) is 5.91 Å². The minimum atomic E-state index is 0.259. The Bertz CT molecular complexity index is 318. The number of rotatable bonds is 3. The Balaban J connectivity index is 2.07. The quantitative estimate of drug-likeness (QED) is 0.780. The molecule has 2 unspecified atom stereocenters. The van der Waals surface area contributed by atoms with Crippen LogP contribution in [0.5, 0.6) is 0 Å². The van der Waals surface area contributed by atoms with Crippen molar-refractivity contribution in [2.45, 2.75) is 64.5 Å². The number of hydrogen-bond donors (Lipinski definition) is 1. The van der Waals surface area contributed by atoms with Crippen LogP contribution in [-0.2, 0) is 4.79 Å². The molecule has 2 aliphatic rings. The maximum atomic E-state index is 12.5. The van der Waals surface area contributed by atoms with Crippen LogP contribution in [0.1, 0.15) is 52.4 Å². The topological polar surface area (TPSA) is 32.3 Å². The molecule has 18 heavy (non-hydrogen) atoms. The first-order valence-corrected chi connectivity index (χ1v) is 7.45. The van der Waals surface area contributed by atoms with E-state index < -0.39 is 0 Å². The first kappa shape index (κ1) is 13.6. The summed E-state index contributed by atoms with van der Waals surface area (Å²) in [5, 5.41) is 3.57. The van der Waals surface area contributed by atoms with Crippen LogP contribution in [0.3, 0.4) is 0 Å². The molecule has 1 amide bonds. The van der Waals surface area contributed by atoms with Gasteiger partial charge in [-0.1, -0.05) is 13.0 Å². The molecule has 0 radical (unpaired) electrons. The number of carbonyl (C=O) groups is 1. The summed E-state index contributed by atoms with van der Waals surface area (Å²) >= 11 is 0. The third-order valence-corrected chi connectivity index (χ3v) is 4.22. The second kappa shape index (κ2) is 6.37. The third-order valence-electron chi connectivity index (χ3n) is 4.22. The first-order valence-electron chi connectivity index (χ1n) is 7.45. The van der Waals surface area contributed by atoms with Crippen molar-refractivity contribution in [1.82, 2.24) is 10.2 Å². The van der Waals surface area contributed by atoms with Gasteiger partial charge in [-0.05, 0) is 52.0 Å². The minimum Gasteiger partial charge on any atom is -0.334 e. The molecule has 2 atom stereocenters. The zero-order chi connectivity index (χ0) is 13.0. The Kier molecular flexibility index (Phi) is 4.81. The van der Waals surface area contributed by atoms with Crippen molar-refractivity contribution in [1.29, 1.82) is 0 Å². The molecule has 1 N–H and O–H groups in total. The number of piperidine rings is 1. The molecule has 2 saturated heterocycles. The third kappa shape index (κ3) is 2.94. The molecule has 0 aliphatic carbocycles. The largest absolute Gasteiger partial charge is 0.334 e. The Labute approximate surface area is 111 Å². The molecular formula is C15H26N2O. The van der Waals surface area contributed by atoms with Crippen LogP contribution in [0, 0.1) is 0 Å². The highest BCUT2D eigenvalue weighted by Crippen LogP contribution is 2.25. The van der Waals surface area contributed by atoms with E-state index in [0.717, 1.165) is 31.5 Å². The fourth-order valence-corrected chi connectivity index (χ4v) is 3.29. The average molecular weight is 250 g/mol. The highest BCUT2D eigenvalue weighted by Gasteiger charge is 2.34. The smallest absolute Gasteiger partial charge is 0.249 e. The van der Waals surface area contributed by atoms with Crippen LogP contribution in [0.4, 0.5) is 0 Å². The molecule has 0 saturated carbocycles. The SMILES string of the molecule is CCC=C(C)C(=O)N1CCCCC1C1CCCN1. The van der Waals surface area contributed by atoms with Gasteiger partial charge in [0.05, 0.1) is 0 Å². The highest BCUT2D eigenvalue weighted by atomic mass is 16.2. The van der Waals surface area contributed by atoms with Crippen molar-refractivity contribution in [2.24, 2.45) is 0 Å². The summed E-state index contributed by atoms with van der Waals surface area (Å²) in [6, 6.07) is 0.956. The summed E-state index contributed by atoms with van der Waals surface area (Å²) in [4.78, 5) is 14.6. The minimum absolute atomic E-state index is 0.259. The summed E-state index contributed by atoms with van der Waals surface area (Å²) < 4.78 is 0. The fourth-order valence-electron chi connectivity index (χ4n) is 3.29. The Morgan fingerprint density at radius 1 is 1.33 bits per heavy atom. The van der Waals surface area contributed by atoms with Crippen LogP contribution < -0.4 is 5.32 Å². The molecular weight excluding hydrogens is 224 g/mol. The Morgan fingerprint density at radius 2 is 2.17 bits per heavy atom. The predicted octanol–water partition coefficient (Wildman–Crippen LogP) is 2.48. The van der Waals surface area contributed by atoms with Gasteiger partial charge in [-0.15, -0.1) is 0 Å². The second-order valence-electron chi connectivity index (χ2n) is 5.56.